The Hall–Kier alpha value is -2.00. The Balaban J connectivity index is 1.85. The third-order valence-electron chi connectivity index (χ3n) is 3.46. The number of anilines is 1. The summed E-state index contributed by atoms with van der Waals surface area (Å²) in [5, 5.41) is 6.32. The van der Waals surface area contributed by atoms with E-state index in [0.29, 0.717) is 11.6 Å². The first kappa shape index (κ1) is 15.4. The lowest BCUT2D eigenvalue weighted by molar-refractivity contribution is 0.252. The molecule has 2 amide bonds. The van der Waals surface area contributed by atoms with Crippen molar-refractivity contribution in [2.45, 2.75) is 20.3 Å². The molecule has 0 radical (unpaired) electrons. The fourth-order valence-electron chi connectivity index (χ4n) is 2.11. The van der Waals surface area contributed by atoms with Crippen LogP contribution in [-0.2, 0) is 6.42 Å². The quantitative estimate of drug-likeness (QED) is 0.867. The average molecular weight is 303 g/mol. The Bertz CT molecular complexity index is 640. The molecule has 110 valence electrons. The van der Waals surface area contributed by atoms with Crippen molar-refractivity contribution in [1.82, 2.24) is 5.32 Å². The maximum Gasteiger partial charge on any atom is 0.319 e. The van der Waals surface area contributed by atoms with E-state index in [1.165, 1.54) is 11.1 Å². The second kappa shape index (κ2) is 7.14. The van der Waals surface area contributed by atoms with Gasteiger partial charge in [-0.2, -0.15) is 0 Å². The highest BCUT2D eigenvalue weighted by molar-refractivity contribution is 6.31. The molecular formula is C17H19ClN2O. The van der Waals surface area contributed by atoms with Gasteiger partial charge in [0.05, 0.1) is 0 Å². The van der Waals surface area contributed by atoms with E-state index in [1.54, 1.807) is 6.07 Å². The van der Waals surface area contributed by atoms with Crippen LogP contribution < -0.4 is 10.6 Å². The minimum atomic E-state index is -0.214. The average Bonchev–Trinajstić information content (AvgIpc) is 2.46. The number of aryl methyl sites for hydroxylation is 1. The molecule has 0 bridgehead atoms. The highest BCUT2D eigenvalue weighted by atomic mass is 35.5. The predicted molar refractivity (Wildman–Crippen MR) is 88.1 cm³/mol. The number of nitrogens with one attached hydrogen (secondary N) is 2. The number of rotatable bonds is 4. The Morgan fingerprint density at radius 3 is 2.62 bits per heavy atom. The topological polar surface area (TPSA) is 41.1 Å². The van der Waals surface area contributed by atoms with Crippen molar-refractivity contribution in [1.29, 1.82) is 0 Å². The van der Waals surface area contributed by atoms with E-state index in [0.717, 1.165) is 17.7 Å². The predicted octanol–water partition coefficient (Wildman–Crippen LogP) is 4.32. The van der Waals surface area contributed by atoms with Gasteiger partial charge in [0.1, 0.15) is 0 Å². The van der Waals surface area contributed by atoms with Gasteiger partial charge in [0, 0.05) is 17.3 Å². The lowest BCUT2D eigenvalue weighted by Gasteiger charge is -2.11. The minimum Gasteiger partial charge on any atom is -0.338 e. The number of hydrogen-bond acceptors (Lipinski definition) is 1. The first-order valence-electron chi connectivity index (χ1n) is 6.92. The molecule has 0 saturated heterocycles. The van der Waals surface area contributed by atoms with Gasteiger partial charge in [0.25, 0.3) is 0 Å². The highest BCUT2D eigenvalue weighted by Gasteiger charge is 2.06. The van der Waals surface area contributed by atoms with Crippen LogP contribution in [0, 0.1) is 13.8 Å². The Kier molecular flexibility index (Phi) is 5.23. The number of hydrogen-bond donors (Lipinski definition) is 2. The van der Waals surface area contributed by atoms with Gasteiger partial charge in [0.2, 0.25) is 0 Å². The molecule has 0 spiro atoms. The molecule has 0 aliphatic heterocycles. The number of carbonyl (C=O) groups excluding carboxylic acids is 1. The molecule has 4 heteroatoms. The summed E-state index contributed by atoms with van der Waals surface area (Å²) in [6, 6.07) is 13.4. The van der Waals surface area contributed by atoms with Crippen LogP contribution >= 0.6 is 11.6 Å². The second-order valence-corrected chi connectivity index (χ2v) is 5.38. The molecule has 2 aromatic carbocycles. The molecule has 2 N–H and O–H groups in total. The molecule has 0 aromatic heterocycles. The van der Waals surface area contributed by atoms with Gasteiger partial charge < -0.3 is 10.6 Å². The molecular weight excluding hydrogens is 284 g/mol. The van der Waals surface area contributed by atoms with E-state index in [-0.39, 0.29) is 6.03 Å². The number of urea groups is 1. The molecule has 0 atom stereocenters. The third kappa shape index (κ3) is 4.23. The van der Waals surface area contributed by atoms with Gasteiger partial charge in [-0.05, 0) is 49.1 Å². The van der Waals surface area contributed by atoms with Crippen LogP contribution in [0.15, 0.2) is 42.5 Å². The molecule has 3 nitrogen and oxygen atoms in total. The zero-order valence-corrected chi connectivity index (χ0v) is 13.0. The molecule has 0 fully saturated rings. The summed E-state index contributed by atoms with van der Waals surface area (Å²) >= 11 is 6.03. The number of benzene rings is 2. The third-order valence-corrected chi connectivity index (χ3v) is 3.87. The number of amides is 2. The summed E-state index contributed by atoms with van der Waals surface area (Å²) in [5.74, 6) is 0. The van der Waals surface area contributed by atoms with Crippen LogP contribution in [0.5, 0.6) is 0 Å². The summed E-state index contributed by atoms with van der Waals surface area (Å²) in [4.78, 5) is 11.9. The zero-order chi connectivity index (χ0) is 15.2. The monoisotopic (exact) mass is 302 g/mol. The summed E-state index contributed by atoms with van der Waals surface area (Å²) < 4.78 is 0. The molecule has 0 heterocycles. The number of carbonyl (C=O) groups is 1. The molecule has 2 rings (SSSR count). The van der Waals surface area contributed by atoms with Crippen molar-refractivity contribution >= 4 is 23.3 Å². The van der Waals surface area contributed by atoms with Gasteiger partial charge in [-0.25, -0.2) is 4.79 Å². The Morgan fingerprint density at radius 1 is 1.10 bits per heavy atom. The summed E-state index contributed by atoms with van der Waals surface area (Å²) in [6.45, 7) is 4.55. The van der Waals surface area contributed by atoms with Crippen molar-refractivity contribution in [3.8, 4) is 0 Å². The first-order chi connectivity index (χ1) is 10.1. The molecule has 2 aromatic rings. The van der Waals surface area contributed by atoms with E-state index >= 15 is 0 Å². The zero-order valence-electron chi connectivity index (χ0n) is 12.2. The van der Waals surface area contributed by atoms with E-state index < -0.39 is 0 Å². The van der Waals surface area contributed by atoms with Crippen LogP contribution in [-0.4, -0.2) is 12.6 Å². The fraction of sp³-hybridized carbons (Fsp3) is 0.235. The van der Waals surface area contributed by atoms with Crippen molar-refractivity contribution in [2.75, 3.05) is 11.9 Å². The van der Waals surface area contributed by atoms with Crippen molar-refractivity contribution < 1.29 is 4.79 Å². The molecule has 0 aliphatic rings. The Labute approximate surface area is 130 Å². The van der Waals surface area contributed by atoms with Crippen LogP contribution in [0.1, 0.15) is 16.7 Å². The van der Waals surface area contributed by atoms with Crippen molar-refractivity contribution in [2.24, 2.45) is 0 Å². The Morgan fingerprint density at radius 2 is 1.86 bits per heavy atom. The largest absolute Gasteiger partial charge is 0.338 e. The van der Waals surface area contributed by atoms with E-state index in [2.05, 4.69) is 29.7 Å². The maximum atomic E-state index is 11.9. The van der Waals surface area contributed by atoms with Crippen LogP contribution in [0.4, 0.5) is 10.5 Å². The van der Waals surface area contributed by atoms with Crippen LogP contribution in [0.2, 0.25) is 5.02 Å². The van der Waals surface area contributed by atoms with Gasteiger partial charge in [-0.1, -0.05) is 41.9 Å². The smallest absolute Gasteiger partial charge is 0.319 e. The highest BCUT2D eigenvalue weighted by Crippen LogP contribution is 2.22. The van der Waals surface area contributed by atoms with Gasteiger partial charge in [-0.15, -0.1) is 0 Å². The minimum absolute atomic E-state index is 0.214. The van der Waals surface area contributed by atoms with Crippen LogP contribution in [0.3, 0.4) is 0 Å². The van der Waals surface area contributed by atoms with Crippen molar-refractivity contribution in [3.05, 3.63) is 64.2 Å². The first-order valence-corrected chi connectivity index (χ1v) is 7.30. The van der Waals surface area contributed by atoms with E-state index in [4.69, 9.17) is 11.6 Å². The SMILES string of the molecule is Cc1ccccc1CCNC(=O)Nc1cccc(Cl)c1C. The lowest BCUT2D eigenvalue weighted by Crippen LogP contribution is -2.30. The van der Waals surface area contributed by atoms with Crippen LogP contribution in [0.25, 0.3) is 0 Å². The molecule has 0 aliphatic carbocycles. The van der Waals surface area contributed by atoms with E-state index in [1.807, 2.05) is 31.2 Å². The fourth-order valence-corrected chi connectivity index (χ4v) is 2.29. The summed E-state index contributed by atoms with van der Waals surface area (Å²) in [5.41, 5.74) is 4.09. The van der Waals surface area contributed by atoms with Gasteiger partial charge in [0.15, 0.2) is 0 Å². The molecule has 21 heavy (non-hydrogen) atoms. The summed E-state index contributed by atoms with van der Waals surface area (Å²) in [7, 11) is 0. The standard InChI is InChI=1S/C17H19ClN2O/c1-12-6-3-4-7-14(12)10-11-19-17(21)20-16-9-5-8-15(18)13(16)2/h3-9H,10-11H2,1-2H3,(H2,19,20,21). The summed E-state index contributed by atoms with van der Waals surface area (Å²) in [6.07, 6.45) is 0.814. The maximum absolute atomic E-state index is 11.9. The van der Waals surface area contributed by atoms with E-state index in [9.17, 15) is 4.79 Å². The van der Waals surface area contributed by atoms with Crippen molar-refractivity contribution in [3.63, 3.8) is 0 Å². The molecule has 0 saturated carbocycles. The number of halogens is 1. The normalized spacial score (nSPS) is 10.2. The second-order valence-electron chi connectivity index (χ2n) is 4.97. The molecule has 0 unspecified atom stereocenters. The van der Waals surface area contributed by atoms with Gasteiger partial charge >= 0.3 is 6.03 Å². The lowest BCUT2D eigenvalue weighted by atomic mass is 10.1. The van der Waals surface area contributed by atoms with Gasteiger partial charge in [-0.3, -0.25) is 0 Å².